The van der Waals surface area contributed by atoms with E-state index in [0.717, 1.165) is 12.7 Å². The van der Waals surface area contributed by atoms with Crippen LogP contribution in [0.4, 0.5) is 0 Å². The molecular formula is C12H19O5P. The molecule has 1 aliphatic rings. The quantitative estimate of drug-likeness (QED) is 0.798. The van der Waals surface area contributed by atoms with Crippen LogP contribution in [0, 0.1) is 5.41 Å². The van der Waals surface area contributed by atoms with E-state index in [9.17, 15) is 14.3 Å². The molecule has 2 unspecified atom stereocenters. The Labute approximate surface area is 107 Å². The van der Waals surface area contributed by atoms with Crippen LogP contribution in [0.25, 0.3) is 0 Å². The average molecular weight is 274 g/mol. The molecule has 0 aromatic heterocycles. The van der Waals surface area contributed by atoms with Crippen LogP contribution in [-0.4, -0.2) is 23.9 Å². The summed E-state index contributed by atoms with van der Waals surface area (Å²) in [6.07, 6.45) is 1.01. The summed E-state index contributed by atoms with van der Waals surface area (Å²) in [5.41, 5.74) is 1.03. The number of phosphoric acid groups is 1. The summed E-state index contributed by atoms with van der Waals surface area (Å²) in [5, 5.41) is 0. The molecule has 1 aliphatic carbocycles. The SMILES string of the molecule is C=CC1=C(C)C(=O)C(OP(=O)(O)OC)CC1(C)C. The third kappa shape index (κ3) is 2.98. The summed E-state index contributed by atoms with van der Waals surface area (Å²) in [6.45, 7) is 9.25. The van der Waals surface area contributed by atoms with Gasteiger partial charge in [0.05, 0.1) is 0 Å². The highest BCUT2D eigenvalue weighted by Gasteiger charge is 2.41. The van der Waals surface area contributed by atoms with E-state index in [4.69, 9.17) is 4.52 Å². The maximum absolute atomic E-state index is 12.1. The Morgan fingerprint density at radius 3 is 2.56 bits per heavy atom. The van der Waals surface area contributed by atoms with E-state index in [1.165, 1.54) is 0 Å². The standard InChI is InChI=1S/C12H19O5P/c1-6-9-8(2)11(13)10(7-12(9,3)4)17-18(14,15)16-5/h6,10H,1,7H2,2-5H3,(H,14,15). The Morgan fingerprint density at radius 2 is 2.11 bits per heavy atom. The molecular weight excluding hydrogens is 255 g/mol. The lowest BCUT2D eigenvalue weighted by atomic mass is 9.71. The zero-order valence-corrected chi connectivity index (χ0v) is 12.0. The molecule has 0 aromatic carbocycles. The number of Topliss-reactive ketones (excluding diaryl/α,β-unsaturated/α-hetero) is 1. The van der Waals surface area contributed by atoms with E-state index >= 15 is 0 Å². The van der Waals surface area contributed by atoms with Crippen molar-refractivity contribution in [2.24, 2.45) is 5.41 Å². The first-order valence-electron chi connectivity index (χ1n) is 5.59. The minimum absolute atomic E-state index is 0.296. The number of allylic oxidation sites excluding steroid dienone is 2. The van der Waals surface area contributed by atoms with Gasteiger partial charge in [-0.1, -0.05) is 26.5 Å². The van der Waals surface area contributed by atoms with Crippen molar-refractivity contribution in [1.29, 1.82) is 0 Å². The van der Waals surface area contributed by atoms with Crippen molar-refractivity contribution in [2.75, 3.05) is 7.11 Å². The van der Waals surface area contributed by atoms with Gasteiger partial charge in [0.1, 0.15) is 6.10 Å². The summed E-state index contributed by atoms with van der Waals surface area (Å²) in [6, 6.07) is 0. The fourth-order valence-corrected chi connectivity index (χ4v) is 2.84. The van der Waals surface area contributed by atoms with Crippen LogP contribution in [0.3, 0.4) is 0 Å². The molecule has 0 aromatic rings. The van der Waals surface area contributed by atoms with Gasteiger partial charge in [-0.25, -0.2) is 4.57 Å². The highest BCUT2D eigenvalue weighted by atomic mass is 31.2. The molecule has 102 valence electrons. The number of phosphoric ester groups is 1. The fourth-order valence-electron chi connectivity index (χ4n) is 2.27. The van der Waals surface area contributed by atoms with Crippen molar-refractivity contribution >= 4 is 13.6 Å². The molecule has 0 radical (unpaired) electrons. The monoisotopic (exact) mass is 274 g/mol. The lowest BCUT2D eigenvalue weighted by molar-refractivity contribution is -0.125. The van der Waals surface area contributed by atoms with Gasteiger partial charge < -0.3 is 4.89 Å². The molecule has 0 amide bonds. The number of hydrogen-bond acceptors (Lipinski definition) is 4. The minimum Gasteiger partial charge on any atom is -0.302 e. The predicted molar refractivity (Wildman–Crippen MR) is 68.0 cm³/mol. The summed E-state index contributed by atoms with van der Waals surface area (Å²) < 4.78 is 20.6. The van der Waals surface area contributed by atoms with E-state index < -0.39 is 13.9 Å². The molecule has 2 atom stereocenters. The van der Waals surface area contributed by atoms with Gasteiger partial charge in [0, 0.05) is 7.11 Å². The van der Waals surface area contributed by atoms with Crippen molar-refractivity contribution in [2.45, 2.75) is 33.3 Å². The average Bonchev–Trinajstić information content (AvgIpc) is 2.25. The topological polar surface area (TPSA) is 72.8 Å². The zero-order valence-electron chi connectivity index (χ0n) is 11.1. The fraction of sp³-hybridized carbons (Fsp3) is 0.583. The number of rotatable bonds is 4. The number of ketones is 1. The number of hydrogen-bond donors (Lipinski definition) is 1. The normalized spacial score (nSPS) is 26.9. The van der Waals surface area contributed by atoms with Gasteiger partial charge in [-0.05, 0) is 29.9 Å². The van der Waals surface area contributed by atoms with Gasteiger partial charge in [-0.15, -0.1) is 0 Å². The maximum Gasteiger partial charge on any atom is 0.472 e. The smallest absolute Gasteiger partial charge is 0.302 e. The van der Waals surface area contributed by atoms with Crippen LogP contribution in [-0.2, 0) is 18.4 Å². The lowest BCUT2D eigenvalue weighted by Crippen LogP contribution is -2.37. The van der Waals surface area contributed by atoms with E-state index in [1.807, 2.05) is 13.8 Å². The van der Waals surface area contributed by atoms with Gasteiger partial charge in [-0.3, -0.25) is 13.8 Å². The summed E-state index contributed by atoms with van der Waals surface area (Å²) >= 11 is 0. The van der Waals surface area contributed by atoms with Crippen molar-refractivity contribution < 1.29 is 23.3 Å². The highest BCUT2D eigenvalue weighted by molar-refractivity contribution is 7.47. The van der Waals surface area contributed by atoms with Crippen molar-refractivity contribution in [3.63, 3.8) is 0 Å². The first-order valence-corrected chi connectivity index (χ1v) is 7.09. The summed E-state index contributed by atoms with van der Waals surface area (Å²) in [4.78, 5) is 21.4. The predicted octanol–water partition coefficient (Wildman–Crippen LogP) is 2.62. The molecule has 1 N–H and O–H groups in total. The van der Waals surface area contributed by atoms with Gasteiger partial charge >= 0.3 is 7.82 Å². The molecule has 0 bridgehead atoms. The molecule has 0 fully saturated rings. The molecule has 0 saturated carbocycles. The lowest BCUT2D eigenvalue weighted by Gasteiger charge is -2.36. The highest BCUT2D eigenvalue weighted by Crippen LogP contribution is 2.48. The number of carbonyl (C=O) groups excluding carboxylic acids is 1. The van der Waals surface area contributed by atoms with E-state index in [1.54, 1.807) is 13.0 Å². The first kappa shape index (κ1) is 15.3. The molecule has 0 spiro atoms. The van der Waals surface area contributed by atoms with Gasteiger partial charge in [-0.2, -0.15) is 0 Å². The Bertz CT molecular complexity index is 449. The Kier molecular flexibility index (Phi) is 4.34. The second-order valence-corrected chi connectivity index (χ2v) is 6.45. The van der Waals surface area contributed by atoms with Gasteiger partial charge in [0.2, 0.25) is 0 Å². The third-order valence-electron chi connectivity index (χ3n) is 3.19. The second kappa shape index (κ2) is 5.10. The van der Waals surface area contributed by atoms with Crippen LogP contribution in [0.2, 0.25) is 0 Å². The Balaban J connectivity index is 3.09. The van der Waals surface area contributed by atoms with Crippen LogP contribution < -0.4 is 0 Å². The first-order chi connectivity index (χ1) is 8.14. The van der Waals surface area contributed by atoms with Crippen molar-refractivity contribution in [3.8, 4) is 0 Å². The minimum atomic E-state index is -4.16. The van der Waals surface area contributed by atoms with Gasteiger partial charge in [0.15, 0.2) is 5.78 Å². The molecule has 6 heteroatoms. The van der Waals surface area contributed by atoms with Crippen LogP contribution >= 0.6 is 7.82 Å². The van der Waals surface area contributed by atoms with E-state index in [-0.39, 0.29) is 11.2 Å². The number of carbonyl (C=O) groups is 1. The molecule has 18 heavy (non-hydrogen) atoms. The third-order valence-corrected chi connectivity index (χ3v) is 4.17. The van der Waals surface area contributed by atoms with Gasteiger partial charge in [0.25, 0.3) is 0 Å². The van der Waals surface area contributed by atoms with Crippen LogP contribution in [0.5, 0.6) is 0 Å². The maximum atomic E-state index is 12.1. The summed E-state index contributed by atoms with van der Waals surface area (Å²) in [7, 11) is -3.09. The van der Waals surface area contributed by atoms with Crippen LogP contribution in [0.15, 0.2) is 23.8 Å². The molecule has 0 aliphatic heterocycles. The van der Waals surface area contributed by atoms with E-state index in [2.05, 4.69) is 11.1 Å². The molecule has 0 heterocycles. The largest absolute Gasteiger partial charge is 0.472 e. The Morgan fingerprint density at radius 1 is 1.56 bits per heavy atom. The molecule has 5 nitrogen and oxygen atoms in total. The van der Waals surface area contributed by atoms with Crippen molar-refractivity contribution in [3.05, 3.63) is 23.8 Å². The second-order valence-electron chi connectivity index (χ2n) is 4.94. The van der Waals surface area contributed by atoms with Crippen LogP contribution in [0.1, 0.15) is 27.2 Å². The van der Waals surface area contributed by atoms with E-state index in [0.29, 0.717) is 12.0 Å². The Hall–Kier alpha value is -0.740. The molecule has 0 saturated heterocycles. The summed E-state index contributed by atoms with van der Waals surface area (Å²) in [5.74, 6) is -0.296. The molecule has 1 rings (SSSR count). The zero-order chi connectivity index (χ0) is 14.1. The van der Waals surface area contributed by atoms with Crippen molar-refractivity contribution in [1.82, 2.24) is 0 Å².